The molecular formula is C15H22FN3O. The van der Waals surface area contributed by atoms with Crippen molar-refractivity contribution in [2.75, 3.05) is 25.5 Å². The molecule has 0 saturated carbocycles. The number of carbonyl (C=O) groups is 1. The minimum Gasteiger partial charge on any atom is -0.328 e. The molecule has 0 bridgehead atoms. The van der Waals surface area contributed by atoms with Gasteiger partial charge >= 0.3 is 6.03 Å². The molecular weight excluding hydrogens is 257 g/mol. The van der Waals surface area contributed by atoms with Crippen LogP contribution in [0.25, 0.3) is 0 Å². The molecule has 1 fully saturated rings. The molecule has 2 N–H and O–H groups in total. The molecule has 1 aliphatic rings. The van der Waals surface area contributed by atoms with E-state index in [4.69, 9.17) is 0 Å². The molecule has 2 amide bonds. The smallest absolute Gasteiger partial charge is 0.321 e. The summed E-state index contributed by atoms with van der Waals surface area (Å²) in [5, 5.41) is 6.04. The molecule has 1 unspecified atom stereocenters. The first-order valence-electron chi connectivity index (χ1n) is 7.17. The third kappa shape index (κ3) is 4.20. The monoisotopic (exact) mass is 279 g/mol. The van der Waals surface area contributed by atoms with Gasteiger partial charge in [-0.15, -0.1) is 0 Å². The number of carbonyl (C=O) groups excluding carboxylic acids is 1. The number of halogens is 1. The van der Waals surface area contributed by atoms with Crippen LogP contribution in [0.3, 0.4) is 0 Å². The molecule has 5 heteroatoms. The highest BCUT2D eigenvalue weighted by Gasteiger charge is 2.15. The summed E-state index contributed by atoms with van der Waals surface area (Å²) in [6, 6.07) is 6.41. The highest BCUT2D eigenvalue weighted by atomic mass is 19.1. The van der Waals surface area contributed by atoms with E-state index in [0.29, 0.717) is 12.6 Å². The van der Waals surface area contributed by atoms with Gasteiger partial charge in [-0.2, -0.15) is 0 Å². The lowest BCUT2D eigenvalue weighted by atomic mass is 10.0. The lowest BCUT2D eigenvalue weighted by Gasteiger charge is -2.26. The molecule has 2 rings (SSSR count). The molecule has 1 aliphatic heterocycles. The maximum Gasteiger partial charge on any atom is 0.321 e. The average molecular weight is 279 g/mol. The van der Waals surface area contributed by atoms with Crippen LogP contribution in [0, 0.1) is 5.82 Å². The van der Waals surface area contributed by atoms with Crippen LogP contribution in [0.1, 0.15) is 25.7 Å². The SMILES string of the molecule is CN(CCC1CCCCN1)C(=O)Nc1ccccc1F. The van der Waals surface area contributed by atoms with Crippen molar-refractivity contribution in [3.05, 3.63) is 30.1 Å². The highest BCUT2D eigenvalue weighted by molar-refractivity contribution is 5.89. The normalized spacial score (nSPS) is 18.6. The quantitative estimate of drug-likeness (QED) is 0.890. The van der Waals surface area contributed by atoms with Gasteiger partial charge in [0.05, 0.1) is 5.69 Å². The van der Waals surface area contributed by atoms with Crippen LogP contribution in [0.15, 0.2) is 24.3 Å². The van der Waals surface area contributed by atoms with Crippen LogP contribution in [-0.4, -0.2) is 37.1 Å². The Labute approximate surface area is 119 Å². The van der Waals surface area contributed by atoms with Crippen LogP contribution in [0.4, 0.5) is 14.9 Å². The van der Waals surface area contributed by atoms with E-state index in [-0.39, 0.29) is 11.7 Å². The van der Waals surface area contributed by atoms with Crippen LogP contribution in [0.2, 0.25) is 0 Å². The van der Waals surface area contributed by atoms with E-state index in [1.807, 2.05) is 0 Å². The Morgan fingerprint density at radius 2 is 2.25 bits per heavy atom. The number of nitrogens with zero attached hydrogens (tertiary/aromatic N) is 1. The molecule has 1 atom stereocenters. The molecule has 4 nitrogen and oxygen atoms in total. The lowest BCUT2D eigenvalue weighted by Crippen LogP contribution is -2.39. The number of piperidine rings is 1. The number of benzene rings is 1. The largest absolute Gasteiger partial charge is 0.328 e. The van der Waals surface area contributed by atoms with Gasteiger partial charge in [-0.05, 0) is 37.9 Å². The summed E-state index contributed by atoms with van der Waals surface area (Å²) in [4.78, 5) is 13.6. The Hall–Kier alpha value is -1.62. The first kappa shape index (κ1) is 14.8. The summed E-state index contributed by atoms with van der Waals surface area (Å²) >= 11 is 0. The second kappa shape index (κ2) is 7.24. The first-order chi connectivity index (χ1) is 9.66. The number of anilines is 1. The average Bonchev–Trinajstić information content (AvgIpc) is 2.48. The third-order valence-electron chi connectivity index (χ3n) is 3.69. The van der Waals surface area contributed by atoms with Crippen LogP contribution in [0.5, 0.6) is 0 Å². The number of rotatable bonds is 4. The molecule has 1 aromatic rings. The number of hydrogen-bond donors (Lipinski definition) is 2. The van der Waals surface area contributed by atoms with E-state index in [2.05, 4.69) is 10.6 Å². The Kier molecular flexibility index (Phi) is 5.35. The van der Waals surface area contributed by atoms with Crippen LogP contribution < -0.4 is 10.6 Å². The van der Waals surface area contributed by atoms with E-state index in [1.54, 1.807) is 30.1 Å². The summed E-state index contributed by atoms with van der Waals surface area (Å²) in [6.07, 6.45) is 4.59. The number of nitrogens with one attached hydrogen (secondary N) is 2. The van der Waals surface area contributed by atoms with Crippen LogP contribution in [-0.2, 0) is 0 Å². The Morgan fingerprint density at radius 1 is 1.45 bits per heavy atom. The first-order valence-corrected chi connectivity index (χ1v) is 7.17. The van der Waals surface area contributed by atoms with Crippen molar-refractivity contribution in [1.29, 1.82) is 0 Å². The zero-order valence-electron chi connectivity index (χ0n) is 11.9. The fourth-order valence-electron chi connectivity index (χ4n) is 2.39. The molecule has 1 heterocycles. The Bertz CT molecular complexity index is 446. The zero-order valence-corrected chi connectivity index (χ0v) is 11.9. The van der Waals surface area contributed by atoms with E-state index in [9.17, 15) is 9.18 Å². The molecule has 0 radical (unpaired) electrons. The molecule has 0 aromatic heterocycles. The topological polar surface area (TPSA) is 44.4 Å². The number of amides is 2. The van der Waals surface area contributed by atoms with Gasteiger partial charge in [0.15, 0.2) is 0 Å². The van der Waals surface area contributed by atoms with E-state index in [1.165, 1.54) is 25.3 Å². The molecule has 0 aliphatic carbocycles. The summed E-state index contributed by atoms with van der Waals surface area (Å²) in [6.45, 7) is 1.73. The van der Waals surface area contributed by atoms with Gasteiger partial charge in [-0.1, -0.05) is 18.6 Å². The number of hydrogen-bond acceptors (Lipinski definition) is 2. The molecule has 1 aromatic carbocycles. The third-order valence-corrected chi connectivity index (χ3v) is 3.69. The van der Waals surface area contributed by atoms with Gasteiger partial charge < -0.3 is 15.5 Å². The maximum absolute atomic E-state index is 13.4. The van der Waals surface area contributed by atoms with E-state index in [0.717, 1.165) is 13.0 Å². The number of urea groups is 1. The fourth-order valence-corrected chi connectivity index (χ4v) is 2.39. The minimum atomic E-state index is -0.414. The Balaban J connectivity index is 1.78. The minimum absolute atomic E-state index is 0.222. The number of para-hydroxylation sites is 1. The van der Waals surface area contributed by atoms with Gasteiger partial charge in [-0.3, -0.25) is 0 Å². The van der Waals surface area contributed by atoms with Gasteiger partial charge in [-0.25, -0.2) is 9.18 Å². The van der Waals surface area contributed by atoms with Gasteiger partial charge in [0, 0.05) is 19.6 Å². The summed E-state index contributed by atoms with van der Waals surface area (Å²) in [5.41, 5.74) is 0.222. The standard InChI is InChI=1S/C15H22FN3O/c1-19(11-9-12-6-4-5-10-17-12)15(20)18-14-8-3-2-7-13(14)16/h2-3,7-8,12,17H,4-6,9-11H2,1H3,(H,18,20). The van der Waals surface area contributed by atoms with Crippen molar-refractivity contribution in [3.8, 4) is 0 Å². The summed E-state index contributed by atoms with van der Waals surface area (Å²) in [5.74, 6) is -0.414. The Morgan fingerprint density at radius 3 is 2.95 bits per heavy atom. The summed E-state index contributed by atoms with van der Waals surface area (Å²) < 4.78 is 13.4. The van der Waals surface area contributed by atoms with E-state index >= 15 is 0 Å². The van der Waals surface area contributed by atoms with Crippen molar-refractivity contribution in [2.24, 2.45) is 0 Å². The van der Waals surface area contributed by atoms with Crippen LogP contribution >= 0.6 is 0 Å². The molecule has 20 heavy (non-hydrogen) atoms. The van der Waals surface area contributed by atoms with Crippen molar-refractivity contribution in [3.63, 3.8) is 0 Å². The van der Waals surface area contributed by atoms with Crippen molar-refractivity contribution in [1.82, 2.24) is 10.2 Å². The maximum atomic E-state index is 13.4. The summed E-state index contributed by atoms with van der Waals surface area (Å²) in [7, 11) is 1.74. The van der Waals surface area contributed by atoms with Gasteiger partial charge in [0.1, 0.15) is 5.82 Å². The predicted octanol–water partition coefficient (Wildman–Crippen LogP) is 2.82. The van der Waals surface area contributed by atoms with Gasteiger partial charge in [0.25, 0.3) is 0 Å². The van der Waals surface area contributed by atoms with Gasteiger partial charge in [0.2, 0.25) is 0 Å². The molecule has 110 valence electrons. The lowest BCUT2D eigenvalue weighted by molar-refractivity contribution is 0.218. The highest BCUT2D eigenvalue weighted by Crippen LogP contribution is 2.14. The van der Waals surface area contributed by atoms with Crippen molar-refractivity contribution >= 4 is 11.7 Å². The second-order valence-electron chi connectivity index (χ2n) is 5.27. The van der Waals surface area contributed by atoms with E-state index < -0.39 is 5.82 Å². The molecule has 1 saturated heterocycles. The predicted molar refractivity (Wildman–Crippen MR) is 78.3 cm³/mol. The fraction of sp³-hybridized carbons (Fsp3) is 0.533. The van der Waals surface area contributed by atoms with Crippen molar-refractivity contribution in [2.45, 2.75) is 31.7 Å². The molecule has 0 spiro atoms. The zero-order chi connectivity index (χ0) is 14.4. The second-order valence-corrected chi connectivity index (χ2v) is 5.27. The van der Waals surface area contributed by atoms with Crippen molar-refractivity contribution < 1.29 is 9.18 Å².